The molecule has 15 heavy (non-hydrogen) atoms. The molecule has 0 saturated heterocycles. The summed E-state index contributed by atoms with van der Waals surface area (Å²) in [7, 11) is 0. The van der Waals surface area contributed by atoms with Gasteiger partial charge in [0.2, 0.25) is 5.91 Å². The monoisotopic (exact) mass is 206 g/mol. The maximum Gasteiger partial charge on any atom is 0.232 e. The molecule has 5 heteroatoms. The number of carbonyl (C=O) groups excluding carboxylic acids is 1. The van der Waals surface area contributed by atoms with E-state index in [9.17, 15) is 4.79 Å². The van der Waals surface area contributed by atoms with E-state index in [1.807, 2.05) is 13.8 Å². The Morgan fingerprint density at radius 2 is 2.33 bits per heavy atom. The topological polar surface area (TPSA) is 59.8 Å². The van der Waals surface area contributed by atoms with Gasteiger partial charge >= 0.3 is 0 Å². The molecule has 1 aromatic rings. The molecule has 2 aliphatic carbocycles. The van der Waals surface area contributed by atoms with Crippen LogP contribution in [0.25, 0.3) is 0 Å². The second-order valence-corrected chi connectivity index (χ2v) is 4.89. The van der Waals surface area contributed by atoms with E-state index >= 15 is 0 Å². The van der Waals surface area contributed by atoms with Crippen LogP contribution in [0.5, 0.6) is 0 Å². The SMILES string of the molecule is CC(C)n1cc(NC(=O)C23CC2C3)nn1. The summed E-state index contributed by atoms with van der Waals surface area (Å²) in [5.74, 6) is 1.36. The summed E-state index contributed by atoms with van der Waals surface area (Å²) >= 11 is 0. The van der Waals surface area contributed by atoms with Crippen molar-refractivity contribution in [1.29, 1.82) is 0 Å². The van der Waals surface area contributed by atoms with Crippen LogP contribution >= 0.6 is 0 Å². The zero-order chi connectivity index (χ0) is 10.6. The molecule has 1 aromatic heterocycles. The highest BCUT2D eigenvalue weighted by molar-refractivity contribution is 5.99. The first-order chi connectivity index (χ1) is 7.12. The number of nitrogens with zero attached hydrogens (tertiary/aromatic N) is 3. The first-order valence-electron chi connectivity index (χ1n) is 5.35. The van der Waals surface area contributed by atoms with Gasteiger partial charge in [-0.1, -0.05) is 5.21 Å². The summed E-state index contributed by atoms with van der Waals surface area (Å²) in [5, 5.41) is 10.7. The average Bonchev–Trinajstić information content (AvgIpc) is 2.95. The summed E-state index contributed by atoms with van der Waals surface area (Å²) in [6, 6.07) is 0.274. The quantitative estimate of drug-likeness (QED) is 0.808. The molecule has 1 amide bonds. The number of rotatable bonds is 3. The van der Waals surface area contributed by atoms with E-state index in [0.717, 1.165) is 12.8 Å². The zero-order valence-electron chi connectivity index (χ0n) is 8.90. The highest BCUT2D eigenvalue weighted by Gasteiger charge is 2.74. The van der Waals surface area contributed by atoms with Gasteiger partial charge < -0.3 is 5.32 Å². The van der Waals surface area contributed by atoms with Crippen LogP contribution in [0.4, 0.5) is 5.82 Å². The highest BCUT2D eigenvalue weighted by atomic mass is 16.2. The molecule has 0 spiro atoms. The van der Waals surface area contributed by atoms with E-state index in [2.05, 4.69) is 15.6 Å². The number of anilines is 1. The fourth-order valence-corrected chi connectivity index (χ4v) is 1.90. The van der Waals surface area contributed by atoms with Crippen molar-refractivity contribution >= 4 is 11.7 Å². The van der Waals surface area contributed by atoms with Crippen molar-refractivity contribution in [2.75, 3.05) is 5.32 Å². The van der Waals surface area contributed by atoms with Crippen molar-refractivity contribution in [2.24, 2.45) is 11.3 Å². The minimum absolute atomic E-state index is 0.00160. The van der Waals surface area contributed by atoms with E-state index in [-0.39, 0.29) is 17.4 Å². The lowest BCUT2D eigenvalue weighted by Gasteiger charge is -2.03. The maximum atomic E-state index is 11.7. The number of aromatic nitrogens is 3. The maximum absolute atomic E-state index is 11.7. The smallest absolute Gasteiger partial charge is 0.232 e. The Morgan fingerprint density at radius 1 is 1.67 bits per heavy atom. The normalized spacial score (nSPS) is 31.3. The van der Waals surface area contributed by atoms with Gasteiger partial charge in [-0.15, -0.1) is 5.10 Å². The van der Waals surface area contributed by atoms with Crippen LogP contribution in [-0.4, -0.2) is 20.9 Å². The van der Waals surface area contributed by atoms with Gasteiger partial charge in [0.25, 0.3) is 0 Å². The lowest BCUT2D eigenvalue weighted by atomic mass is 10.2. The van der Waals surface area contributed by atoms with Gasteiger partial charge in [-0.3, -0.25) is 4.79 Å². The molecular formula is C10H14N4O. The predicted octanol–water partition coefficient (Wildman–Crippen LogP) is 1.21. The van der Waals surface area contributed by atoms with E-state index in [0.29, 0.717) is 11.7 Å². The van der Waals surface area contributed by atoms with Gasteiger partial charge in [0.05, 0.1) is 11.6 Å². The molecule has 0 aromatic carbocycles. The minimum atomic E-state index is 0.00160. The fraction of sp³-hybridized carbons (Fsp3) is 0.700. The highest BCUT2D eigenvalue weighted by Crippen LogP contribution is 2.75. The van der Waals surface area contributed by atoms with Crippen molar-refractivity contribution in [1.82, 2.24) is 15.0 Å². The fourth-order valence-electron chi connectivity index (χ4n) is 1.90. The van der Waals surface area contributed by atoms with Gasteiger partial charge in [-0.05, 0) is 32.6 Å². The van der Waals surface area contributed by atoms with E-state index in [1.54, 1.807) is 10.9 Å². The van der Waals surface area contributed by atoms with Crippen molar-refractivity contribution < 1.29 is 4.79 Å². The molecule has 80 valence electrons. The Balaban J connectivity index is 1.68. The number of nitrogens with one attached hydrogen (secondary N) is 1. The second-order valence-electron chi connectivity index (χ2n) is 4.89. The Morgan fingerprint density at radius 3 is 2.80 bits per heavy atom. The molecule has 0 atom stereocenters. The molecule has 0 unspecified atom stereocenters. The molecule has 3 rings (SSSR count). The van der Waals surface area contributed by atoms with Crippen LogP contribution < -0.4 is 5.32 Å². The summed E-state index contributed by atoms with van der Waals surface area (Å²) < 4.78 is 1.74. The van der Waals surface area contributed by atoms with Gasteiger partial charge in [0.15, 0.2) is 5.82 Å². The standard InChI is InChI=1S/C10H14N4O/c1-6(2)14-5-8(12-13-14)11-9(15)10-3-7(10)4-10/h5-7H,3-4H2,1-2H3,(H,11,15). The van der Waals surface area contributed by atoms with E-state index in [4.69, 9.17) is 0 Å². The lowest BCUT2D eigenvalue weighted by Crippen LogP contribution is -2.18. The van der Waals surface area contributed by atoms with E-state index in [1.165, 1.54) is 0 Å². The van der Waals surface area contributed by atoms with Crippen molar-refractivity contribution in [3.05, 3.63) is 6.20 Å². The van der Waals surface area contributed by atoms with E-state index < -0.39 is 0 Å². The van der Waals surface area contributed by atoms with Crippen LogP contribution in [-0.2, 0) is 4.79 Å². The van der Waals surface area contributed by atoms with Crippen molar-refractivity contribution in [3.63, 3.8) is 0 Å². The molecule has 2 saturated carbocycles. The Hall–Kier alpha value is -1.39. The minimum Gasteiger partial charge on any atom is -0.307 e. The van der Waals surface area contributed by atoms with Crippen molar-refractivity contribution in [2.45, 2.75) is 32.7 Å². The molecule has 0 bridgehead atoms. The third-order valence-corrected chi connectivity index (χ3v) is 3.42. The molecule has 0 aliphatic heterocycles. The summed E-state index contributed by atoms with van der Waals surface area (Å²) in [6.45, 7) is 4.05. The van der Waals surface area contributed by atoms with Gasteiger partial charge in [0, 0.05) is 6.04 Å². The lowest BCUT2D eigenvalue weighted by molar-refractivity contribution is -0.119. The van der Waals surface area contributed by atoms with Crippen LogP contribution in [0.15, 0.2) is 6.20 Å². The number of hydrogen-bond donors (Lipinski definition) is 1. The molecular weight excluding hydrogens is 192 g/mol. The average molecular weight is 206 g/mol. The molecule has 1 N–H and O–H groups in total. The molecule has 2 aliphatic rings. The largest absolute Gasteiger partial charge is 0.307 e. The predicted molar refractivity (Wildman–Crippen MR) is 54.2 cm³/mol. The van der Waals surface area contributed by atoms with Gasteiger partial charge in [0.1, 0.15) is 0 Å². The van der Waals surface area contributed by atoms with Crippen LogP contribution in [0.1, 0.15) is 32.7 Å². The molecule has 0 radical (unpaired) electrons. The summed E-state index contributed by atoms with van der Waals surface area (Å²) in [5.41, 5.74) is 0.00160. The number of amides is 1. The third-order valence-electron chi connectivity index (χ3n) is 3.42. The number of fused-ring (bicyclic) bond motifs is 1. The van der Waals surface area contributed by atoms with Crippen molar-refractivity contribution in [3.8, 4) is 0 Å². The first kappa shape index (κ1) is 8.88. The summed E-state index contributed by atoms with van der Waals surface area (Å²) in [4.78, 5) is 11.7. The second kappa shape index (κ2) is 2.59. The van der Waals surface area contributed by atoms with Gasteiger partial charge in [-0.25, -0.2) is 4.68 Å². The Labute approximate surface area is 87.8 Å². The number of carbonyl (C=O) groups is 1. The van der Waals surface area contributed by atoms with Crippen LogP contribution in [0.2, 0.25) is 0 Å². The van der Waals surface area contributed by atoms with Gasteiger partial charge in [-0.2, -0.15) is 0 Å². The molecule has 1 heterocycles. The Bertz CT molecular complexity index is 417. The first-order valence-corrected chi connectivity index (χ1v) is 5.35. The van der Waals surface area contributed by atoms with Crippen LogP contribution in [0, 0.1) is 11.3 Å². The number of hydrogen-bond acceptors (Lipinski definition) is 3. The molecule has 5 nitrogen and oxygen atoms in total. The third kappa shape index (κ3) is 1.26. The van der Waals surface area contributed by atoms with Crippen LogP contribution in [0.3, 0.4) is 0 Å². The summed E-state index contributed by atoms with van der Waals surface area (Å²) in [6.07, 6.45) is 3.91. The Kier molecular flexibility index (Phi) is 1.53. The molecule has 2 fully saturated rings. The zero-order valence-corrected chi connectivity index (χ0v) is 8.90.